The molecule has 6 nitrogen and oxygen atoms in total. The third-order valence-corrected chi connectivity index (χ3v) is 5.02. The number of hydrogen-bond donors (Lipinski definition) is 1. The molecule has 2 rings (SSSR count). The largest absolute Gasteiger partial charge is 0.497 e. The molecule has 0 saturated heterocycles. The molecular formula is C17H19ClN2O4S. The van der Waals surface area contributed by atoms with E-state index < -0.39 is 22.0 Å². The summed E-state index contributed by atoms with van der Waals surface area (Å²) in [5, 5.41) is 3.18. The minimum Gasteiger partial charge on any atom is -0.497 e. The molecule has 2 aromatic carbocycles. The average molecular weight is 383 g/mol. The van der Waals surface area contributed by atoms with E-state index in [1.165, 1.54) is 6.92 Å². The molecule has 134 valence electrons. The fraction of sp³-hybridized carbons (Fsp3) is 0.235. The van der Waals surface area contributed by atoms with E-state index in [4.69, 9.17) is 16.3 Å². The molecule has 0 saturated carbocycles. The van der Waals surface area contributed by atoms with Crippen LogP contribution in [0.1, 0.15) is 6.92 Å². The Bertz CT molecular complexity index is 836. The van der Waals surface area contributed by atoms with Crippen molar-refractivity contribution in [1.82, 2.24) is 0 Å². The van der Waals surface area contributed by atoms with Crippen molar-refractivity contribution in [2.45, 2.75) is 13.0 Å². The first-order chi connectivity index (χ1) is 11.7. The lowest BCUT2D eigenvalue weighted by Crippen LogP contribution is -2.45. The van der Waals surface area contributed by atoms with Gasteiger partial charge in [-0.2, -0.15) is 0 Å². The number of sulfonamides is 1. The zero-order valence-corrected chi connectivity index (χ0v) is 15.6. The zero-order chi connectivity index (χ0) is 18.6. The lowest BCUT2D eigenvalue weighted by Gasteiger charge is -2.28. The summed E-state index contributed by atoms with van der Waals surface area (Å²) in [6.45, 7) is 1.52. The Labute approximate surface area is 152 Å². The number of methoxy groups -OCH3 is 1. The van der Waals surface area contributed by atoms with Crippen LogP contribution in [-0.2, 0) is 14.8 Å². The number of ether oxygens (including phenoxy) is 1. The Balaban J connectivity index is 2.24. The summed E-state index contributed by atoms with van der Waals surface area (Å²) in [7, 11) is -2.12. The number of nitrogens with zero attached hydrogens (tertiary/aromatic N) is 1. The molecule has 25 heavy (non-hydrogen) atoms. The van der Waals surface area contributed by atoms with E-state index in [2.05, 4.69) is 5.32 Å². The van der Waals surface area contributed by atoms with Gasteiger partial charge in [-0.15, -0.1) is 0 Å². The van der Waals surface area contributed by atoms with Gasteiger partial charge in [-0.1, -0.05) is 11.6 Å². The van der Waals surface area contributed by atoms with Crippen LogP contribution in [-0.4, -0.2) is 33.7 Å². The Morgan fingerprint density at radius 1 is 1.12 bits per heavy atom. The summed E-state index contributed by atoms with van der Waals surface area (Å²) < 4.78 is 30.5. The van der Waals surface area contributed by atoms with Crippen molar-refractivity contribution in [1.29, 1.82) is 0 Å². The van der Waals surface area contributed by atoms with E-state index in [-0.39, 0.29) is 0 Å². The van der Waals surface area contributed by atoms with Crippen molar-refractivity contribution < 1.29 is 17.9 Å². The van der Waals surface area contributed by atoms with Gasteiger partial charge in [0.05, 0.1) is 19.1 Å². The second-order valence-corrected chi connectivity index (χ2v) is 7.72. The number of halogens is 1. The van der Waals surface area contributed by atoms with Crippen LogP contribution in [0.4, 0.5) is 11.4 Å². The Morgan fingerprint density at radius 2 is 1.68 bits per heavy atom. The quantitative estimate of drug-likeness (QED) is 0.832. The van der Waals surface area contributed by atoms with E-state index in [9.17, 15) is 13.2 Å². The fourth-order valence-corrected chi connectivity index (χ4v) is 3.62. The van der Waals surface area contributed by atoms with Crippen LogP contribution in [0.5, 0.6) is 5.75 Å². The number of anilines is 2. The van der Waals surface area contributed by atoms with E-state index in [1.807, 2.05) is 0 Å². The summed E-state index contributed by atoms with van der Waals surface area (Å²) in [5.41, 5.74) is 0.909. The molecule has 8 heteroatoms. The molecule has 1 atom stereocenters. The molecule has 2 aromatic rings. The second-order valence-electron chi connectivity index (χ2n) is 5.43. The van der Waals surface area contributed by atoms with Crippen LogP contribution in [0.3, 0.4) is 0 Å². The van der Waals surface area contributed by atoms with Crippen LogP contribution < -0.4 is 14.4 Å². The highest BCUT2D eigenvalue weighted by Crippen LogP contribution is 2.24. The van der Waals surface area contributed by atoms with E-state index >= 15 is 0 Å². The smallest absolute Gasteiger partial charge is 0.247 e. The first kappa shape index (κ1) is 19.1. The predicted molar refractivity (Wildman–Crippen MR) is 99.9 cm³/mol. The van der Waals surface area contributed by atoms with Gasteiger partial charge in [-0.05, 0) is 55.5 Å². The summed E-state index contributed by atoms with van der Waals surface area (Å²) in [6, 6.07) is 12.1. The molecule has 0 aliphatic carbocycles. The maximum atomic E-state index is 12.5. The van der Waals surface area contributed by atoms with E-state index in [0.717, 1.165) is 10.6 Å². The summed E-state index contributed by atoms with van der Waals surface area (Å²) >= 11 is 5.85. The number of rotatable bonds is 6. The highest BCUT2D eigenvalue weighted by Gasteiger charge is 2.29. The third-order valence-electron chi connectivity index (χ3n) is 3.53. The van der Waals surface area contributed by atoms with Crippen molar-refractivity contribution in [3.05, 3.63) is 53.6 Å². The van der Waals surface area contributed by atoms with E-state index in [0.29, 0.717) is 22.1 Å². The molecule has 0 aromatic heterocycles. The molecule has 1 N–H and O–H groups in total. The molecule has 1 amide bonds. The monoisotopic (exact) mass is 382 g/mol. The minimum atomic E-state index is -3.67. The van der Waals surface area contributed by atoms with Crippen LogP contribution >= 0.6 is 11.6 Å². The Kier molecular flexibility index (Phi) is 5.92. The van der Waals surface area contributed by atoms with Crippen molar-refractivity contribution in [2.75, 3.05) is 23.0 Å². The van der Waals surface area contributed by atoms with Crippen LogP contribution in [0.2, 0.25) is 5.02 Å². The lowest BCUT2D eigenvalue weighted by molar-refractivity contribution is -0.116. The topological polar surface area (TPSA) is 75.7 Å². The fourth-order valence-electron chi connectivity index (χ4n) is 2.32. The number of benzene rings is 2. The van der Waals surface area contributed by atoms with Gasteiger partial charge in [0.25, 0.3) is 0 Å². The molecule has 0 fully saturated rings. The second kappa shape index (κ2) is 7.76. The maximum absolute atomic E-state index is 12.5. The Hall–Kier alpha value is -2.25. The molecule has 0 unspecified atom stereocenters. The molecule has 0 bridgehead atoms. The normalized spacial score (nSPS) is 12.3. The standard InChI is InChI=1S/C17H19ClN2O4S/c1-12(17(21)19-14-6-10-16(24-2)11-7-14)20(25(3,22)23)15-8-4-13(18)5-9-15/h4-12H,1-3H3,(H,19,21)/t12-/m1/s1. The highest BCUT2D eigenvalue weighted by molar-refractivity contribution is 7.92. The first-order valence-corrected chi connectivity index (χ1v) is 9.65. The van der Waals surface area contributed by atoms with Gasteiger partial charge in [0, 0.05) is 10.7 Å². The minimum absolute atomic E-state index is 0.365. The molecule has 0 heterocycles. The van der Waals surface area contributed by atoms with Crippen molar-refractivity contribution in [3.8, 4) is 5.75 Å². The average Bonchev–Trinajstić information content (AvgIpc) is 2.56. The van der Waals surface area contributed by atoms with Gasteiger partial charge in [0.15, 0.2) is 0 Å². The summed E-state index contributed by atoms with van der Waals surface area (Å²) in [6.07, 6.45) is 1.05. The van der Waals surface area contributed by atoms with Crippen molar-refractivity contribution in [3.63, 3.8) is 0 Å². The van der Waals surface area contributed by atoms with Gasteiger partial charge < -0.3 is 10.1 Å². The molecule has 0 aliphatic heterocycles. The molecule has 0 aliphatic rings. The van der Waals surface area contributed by atoms with Crippen molar-refractivity contribution >= 4 is 38.9 Å². The Morgan fingerprint density at radius 3 is 2.16 bits per heavy atom. The van der Waals surface area contributed by atoms with Crippen LogP contribution in [0, 0.1) is 0 Å². The molecular weight excluding hydrogens is 364 g/mol. The van der Waals surface area contributed by atoms with Gasteiger partial charge in [-0.3, -0.25) is 9.10 Å². The number of carbonyl (C=O) groups is 1. The van der Waals surface area contributed by atoms with Gasteiger partial charge in [-0.25, -0.2) is 8.42 Å². The number of amides is 1. The van der Waals surface area contributed by atoms with Gasteiger partial charge in [0.2, 0.25) is 15.9 Å². The van der Waals surface area contributed by atoms with E-state index in [1.54, 1.807) is 55.6 Å². The van der Waals surface area contributed by atoms with Gasteiger partial charge >= 0.3 is 0 Å². The van der Waals surface area contributed by atoms with Gasteiger partial charge in [0.1, 0.15) is 11.8 Å². The third kappa shape index (κ3) is 4.87. The molecule has 0 radical (unpaired) electrons. The SMILES string of the molecule is COc1ccc(NC(=O)[C@@H](C)N(c2ccc(Cl)cc2)S(C)(=O)=O)cc1. The highest BCUT2D eigenvalue weighted by atomic mass is 35.5. The zero-order valence-electron chi connectivity index (χ0n) is 14.1. The number of hydrogen-bond acceptors (Lipinski definition) is 4. The maximum Gasteiger partial charge on any atom is 0.247 e. The number of nitrogens with one attached hydrogen (secondary N) is 1. The van der Waals surface area contributed by atoms with Crippen LogP contribution in [0.15, 0.2) is 48.5 Å². The number of carbonyl (C=O) groups excluding carboxylic acids is 1. The first-order valence-electron chi connectivity index (χ1n) is 7.42. The molecule has 0 spiro atoms. The van der Waals surface area contributed by atoms with Crippen molar-refractivity contribution in [2.24, 2.45) is 0 Å². The summed E-state index contributed by atoms with van der Waals surface area (Å²) in [4.78, 5) is 12.5. The lowest BCUT2D eigenvalue weighted by atomic mass is 10.2. The van der Waals surface area contributed by atoms with Crippen LogP contribution in [0.25, 0.3) is 0 Å². The summed E-state index contributed by atoms with van der Waals surface area (Å²) in [5.74, 6) is 0.204. The predicted octanol–water partition coefficient (Wildman–Crippen LogP) is 3.14.